The van der Waals surface area contributed by atoms with Gasteiger partial charge in [-0.1, -0.05) is 0 Å². The summed E-state index contributed by atoms with van der Waals surface area (Å²) >= 11 is 0. The molecule has 15 heteroatoms. The molecule has 11 atom stereocenters. The zero-order valence-electron chi connectivity index (χ0n) is 22.2. The largest absolute Gasteiger partial charge is 0.504 e. The van der Waals surface area contributed by atoms with E-state index in [1.807, 2.05) is 0 Å². The summed E-state index contributed by atoms with van der Waals surface area (Å²) in [6.07, 6.45) is -8.57. The lowest BCUT2D eigenvalue weighted by molar-refractivity contribution is -0.347. The lowest BCUT2D eigenvalue weighted by Gasteiger charge is -2.45. The molecule has 1 saturated carbocycles. The summed E-state index contributed by atoms with van der Waals surface area (Å²) in [6, 6.07) is 3.80. The van der Waals surface area contributed by atoms with E-state index in [2.05, 4.69) is 0 Å². The van der Waals surface area contributed by atoms with Crippen LogP contribution in [0.1, 0.15) is 10.4 Å². The van der Waals surface area contributed by atoms with Crippen LogP contribution >= 0.6 is 0 Å². The number of carbonyl (C=O) groups excluding carboxylic acids is 3. The van der Waals surface area contributed by atoms with E-state index in [4.69, 9.17) is 33.2 Å². The van der Waals surface area contributed by atoms with Gasteiger partial charge in [0.1, 0.15) is 36.1 Å². The predicted octanol–water partition coefficient (Wildman–Crippen LogP) is -1.95. The maximum atomic E-state index is 13.4. The van der Waals surface area contributed by atoms with Crippen molar-refractivity contribution in [2.24, 2.45) is 11.8 Å². The Labute approximate surface area is 237 Å². The van der Waals surface area contributed by atoms with Crippen LogP contribution in [0.4, 0.5) is 0 Å². The predicted molar refractivity (Wildman–Crippen MR) is 131 cm³/mol. The highest BCUT2D eigenvalue weighted by molar-refractivity contribution is 6.25. The lowest BCUT2D eigenvalue weighted by Crippen LogP contribution is -2.61. The van der Waals surface area contributed by atoms with Crippen molar-refractivity contribution in [3.05, 3.63) is 47.2 Å². The van der Waals surface area contributed by atoms with Crippen LogP contribution in [0.3, 0.4) is 0 Å². The molecule has 4 heterocycles. The Morgan fingerprint density at radius 2 is 1.81 bits per heavy atom. The lowest BCUT2D eigenvalue weighted by atomic mass is 9.78. The SMILES string of the molecule is COC(=O)C1=CO[C@@H](O[C@@H]2O[C@H](CO)[C@H](O)[C@H](O)[C@H]2O)[C@H]2[C@@H]1[C@@H]1O[C@@H]1C21C=C(C(=O)c2ccc(O)c(OC)c2)C(=O)O1. The van der Waals surface area contributed by atoms with E-state index in [1.165, 1.54) is 38.5 Å². The quantitative estimate of drug-likeness (QED) is 0.100. The van der Waals surface area contributed by atoms with Gasteiger partial charge in [0.05, 0.1) is 44.7 Å². The molecule has 15 nitrogen and oxygen atoms in total. The first kappa shape index (κ1) is 28.5. The summed E-state index contributed by atoms with van der Waals surface area (Å²) in [7, 11) is 2.47. The van der Waals surface area contributed by atoms with Crippen molar-refractivity contribution >= 4 is 17.7 Å². The van der Waals surface area contributed by atoms with Crippen LogP contribution in [0, 0.1) is 11.8 Å². The standard InChI is InChI=1S/C27H28O15/c1-36-13-5-9(3-4-12(13)29)17(30)10-6-27(42-24(10)35)16-15(21-22(27)40-21)11(23(34)37-2)8-38-25(16)41-26-20(33)19(32)18(31)14(7-28)39-26/h3-6,8,14-16,18-22,25-26,28-29,31-33H,7H2,1-2H3/t14-,15-,16-,18+,19+,20-,21+,22+,25+,26+,27?/m1/s1. The second-order valence-electron chi connectivity index (χ2n) is 10.5. The molecule has 1 spiro atoms. The third kappa shape index (κ3) is 4.19. The average molecular weight is 593 g/mol. The highest BCUT2D eigenvalue weighted by Crippen LogP contribution is 2.62. The highest BCUT2D eigenvalue weighted by atomic mass is 16.8. The van der Waals surface area contributed by atoms with Crippen LogP contribution < -0.4 is 4.74 Å². The first-order valence-electron chi connectivity index (χ1n) is 13.0. The van der Waals surface area contributed by atoms with Crippen molar-refractivity contribution < 1.29 is 73.1 Å². The summed E-state index contributed by atoms with van der Waals surface area (Å²) in [5.74, 6) is -4.53. The molecular formula is C27H28O15. The summed E-state index contributed by atoms with van der Waals surface area (Å²) in [5.41, 5.74) is -1.95. The van der Waals surface area contributed by atoms with Crippen molar-refractivity contribution in [2.45, 2.75) is 54.8 Å². The second kappa shape index (κ2) is 10.3. The third-order valence-electron chi connectivity index (χ3n) is 8.30. The molecule has 0 amide bonds. The first-order chi connectivity index (χ1) is 20.1. The molecule has 5 aliphatic rings. The number of ketones is 1. The number of aliphatic hydroxyl groups excluding tert-OH is 4. The summed E-state index contributed by atoms with van der Waals surface area (Å²) in [4.78, 5) is 39.3. The number of esters is 2. The van der Waals surface area contributed by atoms with Gasteiger partial charge in [0, 0.05) is 11.5 Å². The minimum atomic E-state index is -1.78. The number of phenols is 1. The molecule has 1 aromatic rings. The number of aromatic hydroxyl groups is 1. The number of aliphatic hydroxyl groups is 4. The van der Waals surface area contributed by atoms with E-state index in [9.17, 15) is 39.9 Å². The molecule has 0 radical (unpaired) electrons. The summed E-state index contributed by atoms with van der Waals surface area (Å²) in [5, 5.41) is 50.4. The number of hydrogen-bond donors (Lipinski definition) is 5. The van der Waals surface area contributed by atoms with Crippen LogP contribution in [-0.4, -0.2) is 119 Å². The third-order valence-corrected chi connectivity index (χ3v) is 8.30. The van der Waals surface area contributed by atoms with Crippen molar-refractivity contribution in [1.29, 1.82) is 0 Å². The monoisotopic (exact) mass is 592 g/mol. The summed E-state index contributed by atoms with van der Waals surface area (Å²) < 4.78 is 38.7. The number of hydrogen-bond acceptors (Lipinski definition) is 15. The Balaban J connectivity index is 1.37. The van der Waals surface area contributed by atoms with Gasteiger partial charge in [0.15, 0.2) is 29.2 Å². The van der Waals surface area contributed by atoms with Gasteiger partial charge >= 0.3 is 11.9 Å². The van der Waals surface area contributed by atoms with Gasteiger partial charge in [-0.05, 0) is 24.3 Å². The van der Waals surface area contributed by atoms with Crippen molar-refractivity contribution in [2.75, 3.05) is 20.8 Å². The second-order valence-corrected chi connectivity index (χ2v) is 10.5. The van der Waals surface area contributed by atoms with Crippen molar-refractivity contribution in [3.63, 3.8) is 0 Å². The highest BCUT2D eigenvalue weighted by Gasteiger charge is 2.78. The number of fused-ring (bicyclic) bond motifs is 5. The smallest absolute Gasteiger partial charge is 0.342 e. The molecule has 4 aliphatic heterocycles. The molecule has 0 bridgehead atoms. The van der Waals surface area contributed by atoms with E-state index in [1.54, 1.807) is 0 Å². The van der Waals surface area contributed by atoms with Gasteiger partial charge in [-0.25, -0.2) is 9.59 Å². The molecular weight excluding hydrogens is 564 g/mol. The minimum absolute atomic E-state index is 0.00980. The number of ether oxygens (including phenoxy) is 7. The molecule has 5 N–H and O–H groups in total. The van der Waals surface area contributed by atoms with Crippen molar-refractivity contribution in [3.8, 4) is 11.5 Å². The zero-order valence-corrected chi connectivity index (χ0v) is 22.2. The fraction of sp³-hybridized carbons (Fsp3) is 0.519. The van der Waals surface area contributed by atoms with Gasteiger partial charge in [-0.3, -0.25) is 4.79 Å². The van der Waals surface area contributed by atoms with E-state index in [0.717, 1.165) is 6.26 Å². The molecule has 3 fully saturated rings. The van der Waals surface area contributed by atoms with E-state index in [0.29, 0.717) is 0 Å². The van der Waals surface area contributed by atoms with Crippen LogP contribution in [0.15, 0.2) is 41.7 Å². The maximum Gasteiger partial charge on any atom is 0.342 e. The molecule has 1 unspecified atom stereocenters. The van der Waals surface area contributed by atoms with Gasteiger partial charge in [0.25, 0.3) is 0 Å². The Bertz CT molecular complexity index is 1370. The minimum Gasteiger partial charge on any atom is -0.504 e. The average Bonchev–Trinajstić information content (AvgIpc) is 3.66. The Morgan fingerprint density at radius 1 is 1.05 bits per heavy atom. The van der Waals surface area contributed by atoms with Crippen LogP contribution in [0.5, 0.6) is 11.5 Å². The summed E-state index contributed by atoms with van der Waals surface area (Å²) in [6.45, 7) is -0.704. The molecule has 226 valence electrons. The number of carbonyl (C=O) groups is 3. The van der Waals surface area contributed by atoms with Crippen LogP contribution in [0.25, 0.3) is 0 Å². The molecule has 42 heavy (non-hydrogen) atoms. The molecule has 1 aliphatic carbocycles. The Hall–Kier alpha value is -3.57. The van der Waals surface area contributed by atoms with Crippen LogP contribution in [0.2, 0.25) is 0 Å². The van der Waals surface area contributed by atoms with E-state index >= 15 is 0 Å². The topological polar surface area (TPSA) is 220 Å². The number of rotatable bonds is 7. The Morgan fingerprint density at radius 3 is 2.50 bits per heavy atom. The number of methoxy groups -OCH3 is 2. The normalized spacial score (nSPS) is 39.8. The fourth-order valence-corrected chi connectivity index (χ4v) is 6.19. The number of phenolic OH excluding ortho intramolecular Hbond substituents is 1. The number of Topliss-reactive ketones (excluding diaryl/α,β-unsaturated/α-hetero) is 1. The van der Waals surface area contributed by atoms with Gasteiger partial charge in [0.2, 0.25) is 6.29 Å². The van der Waals surface area contributed by atoms with Crippen LogP contribution in [-0.2, 0) is 38.0 Å². The first-order valence-corrected chi connectivity index (χ1v) is 13.0. The van der Waals surface area contributed by atoms with Crippen molar-refractivity contribution in [1.82, 2.24) is 0 Å². The number of epoxide rings is 1. The van der Waals surface area contributed by atoms with Gasteiger partial charge < -0.3 is 58.7 Å². The van der Waals surface area contributed by atoms with Gasteiger partial charge in [-0.15, -0.1) is 0 Å². The van der Waals surface area contributed by atoms with E-state index in [-0.39, 0.29) is 28.2 Å². The van der Waals surface area contributed by atoms with E-state index < -0.39 is 91.0 Å². The molecule has 1 aromatic carbocycles. The van der Waals surface area contributed by atoms with Gasteiger partial charge in [-0.2, -0.15) is 0 Å². The maximum absolute atomic E-state index is 13.4. The zero-order chi connectivity index (χ0) is 30.1. The molecule has 2 saturated heterocycles. The fourth-order valence-electron chi connectivity index (χ4n) is 6.19. The Kier molecular flexibility index (Phi) is 7.00. The molecule has 6 rings (SSSR count). The molecule has 0 aromatic heterocycles. The number of benzene rings is 1.